The summed E-state index contributed by atoms with van der Waals surface area (Å²) in [5, 5.41) is 9.25. The summed E-state index contributed by atoms with van der Waals surface area (Å²) < 4.78 is 1.85. The van der Waals surface area contributed by atoms with Crippen molar-refractivity contribution in [1.82, 2.24) is 25.1 Å². The molecule has 0 saturated carbocycles. The average Bonchev–Trinajstić information content (AvgIpc) is 3.17. The number of nitrogens with one attached hydrogen (secondary N) is 1. The number of carbonyl (C=O) groups is 1. The van der Waals surface area contributed by atoms with Crippen LogP contribution in [0.25, 0.3) is 11.0 Å². The van der Waals surface area contributed by atoms with E-state index >= 15 is 0 Å². The van der Waals surface area contributed by atoms with E-state index in [0.717, 1.165) is 21.7 Å². The minimum atomic E-state index is -0.0982. The highest BCUT2D eigenvalue weighted by molar-refractivity contribution is 7.11. The maximum Gasteiger partial charge on any atom is 0.252 e. The number of hydrogen-bond donors (Lipinski definition) is 1. The average molecular weight is 357 g/mol. The second-order valence-corrected chi connectivity index (χ2v) is 7.92. The Morgan fingerprint density at radius 2 is 2.04 bits per heavy atom. The van der Waals surface area contributed by atoms with Crippen molar-refractivity contribution in [3.05, 3.63) is 39.6 Å². The molecular formula is C18H23N5OS. The number of nitrogens with zero attached hydrogens (tertiary/aromatic N) is 4. The molecule has 3 aromatic rings. The Hall–Kier alpha value is -2.28. The molecule has 132 valence electrons. The van der Waals surface area contributed by atoms with E-state index in [1.807, 2.05) is 44.6 Å². The molecule has 1 N–H and O–H groups in total. The van der Waals surface area contributed by atoms with Crippen molar-refractivity contribution in [3.63, 3.8) is 0 Å². The number of thiazole rings is 1. The number of hydrogen-bond acceptors (Lipinski definition) is 5. The van der Waals surface area contributed by atoms with E-state index in [0.29, 0.717) is 12.1 Å². The van der Waals surface area contributed by atoms with Crippen LogP contribution in [0.15, 0.2) is 18.5 Å². The summed E-state index contributed by atoms with van der Waals surface area (Å²) in [7, 11) is 0. The van der Waals surface area contributed by atoms with Crippen LogP contribution in [-0.2, 0) is 0 Å². The van der Waals surface area contributed by atoms with Crippen LogP contribution in [0.3, 0.4) is 0 Å². The standard InChI is InChI=1S/C18H23N5OS/c1-10(2)23-16-15(9-21-23)14(6-12(4)22-16)17(24)19-7-11(3)18-20-8-13(5)25-18/h6,8-11H,7H2,1-5H3,(H,19,24)/t11-/m0/s1. The number of fused-ring (bicyclic) bond motifs is 1. The molecule has 6 nitrogen and oxygen atoms in total. The molecule has 0 unspecified atom stereocenters. The molecule has 0 aliphatic carbocycles. The van der Waals surface area contributed by atoms with Gasteiger partial charge in [-0.3, -0.25) is 4.79 Å². The number of aromatic nitrogens is 4. The first-order valence-electron chi connectivity index (χ1n) is 8.42. The first-order chi connectivity index (χ1) is 11.9. The number of pyridine rings is 1. The lowest BCUT2D eigenvalue weighted by Gasteiger charge is -2.12. The maximum absolute atomic E-state index is 12.7. The smallest absolute Gasteiger partial charge is 0.252 e. The Balaban J connectivity index is 1.82. The van der Waals surface area contributed by atoms with Crippen molar-refractivity contribution < 1.29 is 4.79 Å². The normalized spacial score (nSPS) is 12.7. The van der Waals surface area contributed by atoms with Crippen molar-refractivity contribution in [3.8, 4) is 0 Å². The highest BCUT2D eigenvalue weighted by Crippen LogP contribution is 2.22. The van der Waals surface area contributed by atoms with Gasteiger partial charge < -0.3 is 5.32 Å². The fraction of sp³-hybridized carbons (Fsp3) is 0.444. The van der Waals surface area contributed by atoms with Gasteiger partial charge in [0.25, 0.3) is 5.91 Å². The molecule has 3 aromatic heterocycles. The second-order valence-electron chi connectivity index (χ2n) is 6.65. The van der Waals surface area contributed by atoms with Gasteiger partial charge in [0.15, 0.2) is 5.65 Å². The quantitative estimate of drug-likeness (QED) is 0.757. The number of amides is 1. The predicted molar refractivity (Wildman–Crippen MR) is 100 cm³/mol. The summed E-state index contributed by atoms with van der Waals surface area (Å²) in [6.07, 6.45) is 3.60. The molecule has 1 amide bonds. The third-order valence-electron chi connectivity index (χ3n) is 4.06. The van der Waals surface area contributed by atoms with E-state index in [9.17, 15) is 4.79 Å². The molecular weight excluding hydrogens is 334 g/mol. The molecule has 0 spiro atoms. The van der Waals surface area contributed by atoms with Crippen LogP contribution in [0.2, 0.25) is 0 Å². The lowest BCUT2D eigenvalue weighted by atomic mass is 10.1. The molecule has 0 saturated heterocycles. The zero-order valence-electron chi connectivity index (χ0n) is 15.2. The van der Waals surface area contributed by atoms with Crippen molar-refractivity contribution in [1.29, 1.82) is 0 Å². The maximum atomic E-state index is 12.7. The molecule has 0 aromatic carbocycles. The monoisotopic (exact) mass is 357 g/mol. The molecule has 0 fully saturated rings. The van der Waals surface area contributed by atoms with E-state index in [1.54, 1.807) is 17.5 Å². The van der Waals surface area contributed by atoms with Gasteiger partial charge in [0, 0.05) is 35.3 Å². The summed E-state index contributed by atoms with van der Waals surface area (Å²) in [4.78, 5) is 22.9. The van der Waals surface area contributed by atoms with Gasteiger partial charge in [-0.1, -0.05) is 6.92 Å². The van der Waals surface area contributed by atoms with Crippen molar-refractivity contribution in [2.24, 2.45) is 0 Å². The molecule has 7 heteroatoms. The van der Waals surface area contributed by atoms with Crippen LogP contribution < -0.4 is 5.32 Å². The van der Waals surface area contributed by atoms with E-state index in [1.165, 1.54) is 4.88 Å². The van der Waals surface area contributed by atoms with Gasteiger partial charge in [0.2, 0.25) is 0 Å². The highest BCUT2D eigenvalue weighted by Gasteiger charge is 2.18. The molecule has 0 bridgehead atoms. The first kappa shape index (κ1) is 17.5. The van der Waals surface area contributed by atoms with Crippen molar-refractivity contribution in [2.45, 2.75) is 46.6 Å². The summed E-state index contributed by atoms with van der Waals surface area (Å²) in [5.74, 6) is 0.0818. The third-order valence-corrected chi connectivity index (χ3v) is 5.20. The van der Waals surface area contributed by atoms with Crippen LogP contribution in [0.4, 0.5) is 0 Å². The Morgan fingerprint density at radius 1 is 1.28 bits per heavy atom. The number of carbonyl (C=O) groups excluding carboxylic acids is 1. The Bertz CT molecular complexity index is 911. The van der Waals surface area contributed by atoms with Crippen LogP contribution in [0.5, 0.6) is 0 Å². The fourth-order valence-corrected chi connectivity index (χ4v) is 3.56. The van der Waals surface area contributed by atoms with Gasteiger partial charge in [0.1, 0.15) is 0 Å². The van der Waals surface area contributed by atoms with Gasteiger partial charge in [-0.2, -0.15) is 5.10 Å². The lowest BCUT2D eigenvalue weighted by molar-refractivity contribution is 0.0953. The Morgan fingerprint density at radius 3 is 2.68 bits per heavy atom. The summed E-state index contributed by atoms with van der Waals surface area (Å²) >= 11 is 1.67. The Kier molecular flexibility index (Phi) is 4.85. The summed E-state index contributed by atoms with van der Waals surface area (Å²) in [5.41, 5.74) is 2.18. The third kappa shape index (κ3) is 3.56. The van der Waals surface area contributed by atoms with E-state index in [4.69, 9.17) is 0 Å². The second kappa shape index (κ2) is 6.92. The molecule has 3 rings (SSSR count). The van der Waals surface area contributed by atoms with Gasteiger partial charge in [-0.05, 0) is 33.8 Å². The predicted octanol–water partition coefficient (Wildman–Crippen LogP) is 3.62. The van der Waals surface area contributed by atoms with E-state index in [2.05, 4.69) is 27.3 Å². The van der Waals surface area contributed by atoms with Crippen LogP contribution in [0.1, 0.15) is 58.7 Å². The lowest BCUT2D eigenvalue weighted by Crippen LogP contribution is -2.27. The van der Waals surface area contributed by atoms with E-state index < -0.39 is 0 Å². The molecule has 25 heavy (non-hydrogen) atoms. The number of rotatable bonds is 5. The van der Waals surface area contributed by atoms with Crippen LogP contribution >= 0.6 is 11.3 Å². The largest absolute Gasteiger partial charge is 0.351 e. The summed E-state index contributed by atoms with van der Waals surface area (Å²) in [6, 6.07) is 2.01. The van der Waals surface area contributed by atoms with Gasteiger partial charge in [0.05, 0.1) is 22.2 Å². The molecule has 3 heterocycles. The Labute approximate surface area is 151 Å². The van der Waals surface area contributed by atoms with Crippen LogP contribution in [0, 0.1) is 13.8 Å². The van der Waals surface area contributed by atoms with E-state index in [-0.39, 0.29) is 17.9 Å². The summed E-state index contributed by atoms with van der Waals surface area (Å²) in [6.45, 7) is 10.7. The zero-order chi connectivity index (χ0) is 18.1. The molecule has 0 aliphatic rings. The molecule has 0 radical (unpaired) electrons. The van der Waals surface area contributed by atoms with Crippen molar-refractivity contribution >= 4 is 28.3 Å². The molecule has 0 aliphatic heterocycles. The first-order valence-corrected chi connectivity index (χ1v) is 9.24. The zero-order valence-corrected chi connectivity index (χ0v) is 16.0. The van der Waals surface area contributed by atoms with Crippen LogP contribution in [-0.4, -0.2) is 32.2 Å². The van der Waals surface area contributed by atoms with Gasteiger partial charge in [-0.25, -0.2) is 14.6 Å². The minimum absolute atomic E-state index is 0.0982. The topological polar surface area (TPSA) is 72.7 Å². The van der Waals surface area contributed by atoms with Crippen molar-refractivity contribution in [2.75, 3.05) is 6.54 Å². The van der Waals surface area contributed by atoms with Gasteiger partial charge in [-0.15, -0.1) is 11.3 Å². The minimum Gasteiger partial charge on any atom is -0.351 e. The fourth-order valence-electron chi connectivity index (χ4n) is 2.74. The SMILES string of the molecule is Cc1cc(C(=O)NC[C@H](C)c2ncc(C)s2)c2cnn(C(C)C)c2n1. The molecule has 1 atom stereocenters. The number of aryl methyl sites for hydroxylation is 2. The highest BCUT2D eigenvalue weighted by atomic mass is 32.1. The van der Waals surface area contributed by atoms with Gasteiger partial charge >= 0.3 is 0 Å².